The third kappa shape index (κ3) is 5.47. The number of nitrogen functional groups attached to an aromatic ring is 1. The number of aliphatic hydroxyl groups is 2. The van der Waals surface area contributed by atoms with Crippen molar-refractivity contribution >= 4 is 64.1 Å². The minimum Gasteiger partial charge on any atom is -0.387 e. The first-order valence-electron chi connectivity index (χ1n) is 8.48. The fourth-order valence-electron chi connectivity index (χ4n) is 2.72. The molecule has 0 saturated carbocycles. The van der Waals surface area contributed by atoms with Crippen molar-refractivity contribution in [2.24, 2.45) is 0 Å². The number of carbonyl (C=O) groups excluding carboxylic acids is 2. The highest BCUT2D eigenvalue weighted by atomic mass is 79.9. The van der Waals surface area contributed by atoms with E-state index < -0.39 is 50.5 Å². The number of Topliss-reactive ketones (excluding diaryl/α,β-unsaturated/α-hetero) is 2. The van der Waals surface area contributed by atoms with Crippen LogP contribution >= 0.6 is 35.5 Å². The molecular formula is C14H17BrN5O9PS. The first-order valence-corrected chi connectivity index (χ1v) is 12.1. The van der Waals surface area contributed by atoms with Crippen LogP contribution in [0.3, 0.4) is 0 Å². The van der Waals surface area contributed by atoms with E-state index in [9.17, 15) is 24.4 Å². The van der Waals surface area contributed by atoms with Gasteiger partial charge in [0.1, 0.15) is 23.8 Å². The first kappa shape index (κ1) is 24.2. The van der Waals surface area contributed by atoms with E-state index in [1.54, 1.807) is 0 Å². The molecule has 1 aliphatic heterocycles. The highest BCUT2D eigenvalue weighted by Gasteiger charge is 2.45. The number of nitrogens with zero attached hydrogens (tertiary/aromatic N) is 4. The lowest BCUT2D eigenvalue weighted by Crippen LogP contribution is -2.33. The number of imidazole rings is 1. The molecule has 0 unspecified atom stereocenters. The van der Waals surface area contributed by atoms with Crippen molar-refractivity contribution in [2.45, 2.75) is 29.7 Å². The Hall–Kier alpha value is -1.49. The normalized spacial score (nSPS) is 24.0. The quantitative estimate of drug-likeness (QED) is 0.0823. The van der Waals surface area contributed by atoms with Crippen LogP contribution in [0.4, 0.5) is 5.82 Å². The number of ketones is 2. The number of ether oxygens (including phenoxy) is 1. The van der Waals surface area contributed by atoms with Gasteiger partial charge in [-0.3, -0.25) is 18.7 Å². The second-order valence-electron chi connectivity index (χ2n) is 6.32. The maximum absolute atomic E-state index is 11.7. The van der Waals surface area contributed by atoms with Gasteiger partial charge >= 0.3 is 7.82 Å². The maximum Gasteiger partial charge on any atom is 0.469 e. The van der Waals surface area contributed by atoms with Gasteiger partial charge in [0, 0.05) is 0 Å². The van der Waals surface area contributed by atoms with E-state index >= 15 is 0 Å². The summed E-state index contributed by atoms with van der Waals surface area (Å²) >= 11 is 3.79. The second kappa shape index (κ2) is 9.56. The third-order valence-corrected chi connectivity index (χ3v) is 6.05. The summed E-state index contributed by atoms with van der Waals surface area (Å²) in [6.07, 6.45) is -4.26. The van der Waals surface area contributed by atoms with Crippen LogP contribution in [0.15, 0.2) is 11.5 Å². The lowest BCUT2D eigenvalue weighted by molar-refractivity contribution is -0.133. The van der Waals surface area contributed by atoms with Gasteiger partial charge in [0.05, 0.1) is 24.0 Å². The summed E-state index contributed by atoms with van der Waals surface area (Å²) in [5.41, 5.74) is 6.16. The Kier molecular flexibility index (Phi) is 7.45. The molecule has 3 rings (SSSR count). The molecule has 31 heavy (non-hydrogen) atoms. The third-order valence-electron chi connectivity index (χ3n) is 4.21. The van der Waals surface area contributed by atoms with Gasteiger partial charge in [-0.05, 0) is 0 Å². The molecule has 6 N–H and O–H groups in total. The van der Waals surface area contributed by atoms with Crippen molar-refractivity contribution < 1.29 is 43.4 Å². The van der Waals surface area contributed by atoms with Crippen LogP contribution in [-0.4, -0.2) is 87.1 Å². The smallest absolute Gasteiger partial charge is 0.387 e. The summed E-state index contributed by atoms with van der Waals surface area (Å²) in [6, 6.07) is 0. The maximum atomic E-state index is 11.7. The summed E-state index contributed by atoms with van der Waals surface area (Å²) in [5, 5.41) is 20.5. The standard InChI is InChI=1S/C14H17BrN5O9PS/c15-1-5(21)6(22)3-31-14-18-11(16)8-12(19-14)20(4-17-8)13-10(24)9(23)7(29-13)2-28-30(25,26)27/h4,7,9-10,13,23-24H,1-3H2,(H2,16,18,19)(H2,25,26,27)/t7-,9-,10-,13-/m1/s1. The number of hydrogen-bond donors (Lipinski definition) is 5. The van der Waals surface area contributed by atoms with Gasteiger partial charge in [-0.25, -0.2) is 19.5 Å². The Balaban J connectivity index is 1.84. The predicted molar refractivity (Wildman–Crippen MR) is 108 cm³/mol. The molecule has 0 aliphatic carbocycles. The molecule has 4 atom stereocenters. The molecule has 0 amide bonds. The monoisotopic (exact) mass is 541 g/mol. The summed E-state index contributed by atoms with van der Waals surface area (Å²) in [7, 11) is -4.81. The number of phosphoric ester groups is 1. The largest absolute Gasteiger partial charge is 0.469 e. The topological polar surface area (TPSA) is 220 Å². The average molecular weight is 542 g/mol. The molecule has 0 spiro atoms. The Morgan fingerprint density at radius 2 is 2.00 bits per heavy atom. The van der Waals surface area contributed by atoms with Gasteiger partial charge in [-0.2, -0.15) is 0 Å². The van der Waals surface area contributed by atoms with Gasteiger partial charge in [0.25, 0.3) is 0 Å². The molecule has 1 aliphatic rings. The Labute approximate surface area is 186 Å². The van der Waals surface area contributed by atoms with Crippen LogP contribution in [0, 0.1) is 0 Å². The fraction of sp³-hybridized carbons (Fsp3) is 0.500. The van der Waals surface area contributed by atoms with Crippen molar-refractivity contribution in [3.8, 4) is 0 Å². The number of thioether (sulfide) groups is 1. The van der Waals surface area contributed by atoms with Crippen LogP contribution < -0.4 is 5.73 Å². The molecule has 0 aromatic carbocycles. The molecule has 0 radical (unpaired) electrons. The highest BCUT2D eigenvalue weighted by molar-refractivity contribution is 9.09. The number of rotatable bonds is 9. The van der Waals surface area contributed by atoms with Crippen molar-refractivity contribution in [1.29, 1.82) is 0 Å². The zero-order valence-corrected chi connectivity index (χ0v) is 18.7. The summed E-state index contributed by atoms with van der Waals surface area (Å²) in [4.78, 5) is 53.1. The summed E-state index contributed by atoms with van der Waals surface area (Å²) in [5.74, 6) is -1.48. The minimum atomic E-state index is -4.81. The number of alkyl halides is 1. The van der Waals surface area contributed by atoms with E-state index in [-0.39, 0.29) is 33.2 Å². The Morgan fingerprint density at radius 1 is 1.29 bits per heavy atom. The minimum absolute atomic E-state index is 0.0278. The van der Waals surface area contributed by atoms with Gasteiger partial charge in [0.2, 0.25) is 11.6 Å². The lowest BCUT2D eigenvalue weighted by atomic mass is 10.1. The van der Waals surface area contributed by atoms with E-state index in [2.05, 4.69) is 35.4 Å². The number of aromatic nitrogens is 4. The van der Waals surface area contributed by atoms with Crippen molar-refractivity contribution in [1.82, 2.24) is 19.5 Å². The molecule has 0 bridgehead atoms. The van der Waals surface area contributed by atoms with Gasteiger partial charge < -0.3 is 30.5 Å². The SMILES string of the molecule is Nc1nc(SCC(=O)C(=O)CBr)nc2c1ncn2[C@@H]1O[C@H](COP(=O)(O)O)[C@@H](O)[C@H]1O. The van der Waals surface area contributed by atoms with Gasteiger partial charge in [-0.1, -0.05) is 27.7 Å². The Bertz CT molecular complexity index is 1050. The average Bonchev–Trinajstić information content (AvgIpc) is 3.25. The van der Waals surface area contributed by atoms with E-state index in [4.69, 9.17) is 20.3 Å². The molecule has 3 heterocycles. The summed E-state index contributed by atoms with van der Waals surface area (Å²) in [6.45, 7) is -0.673. The first-order chi connectivity index (χ1) is 14.5. The predicted octanol–water partition coefficient (Wildman–Crippen LogP) is -1.24. The van der Waals surface area contributed by atoms with E-state index in [1.807, 2.05) is 0 Å². The molecule has 2 aromatic heterocycles. The number of phosphoric acid groups is 1. The molecule has 1 fully saturated rings. The van der Waals surface area contributed by atoms with E-state index in [0.29, 0.717) is 0 Å². The fourth-order valence-corrected chi connectivity index (χ4v) is 4.11. The van der Waals surface area contributed by atoms with Crippen LogP contribution in [0.25, 0.3) is 11.2 Å². The zero-order valence-electron chi connectivity index (χ0n) is 15.4. The van der Waals surface area contributed by atoms with E-state index in [1.165, 1.54) is 10.9 Å². The lowest BCUT2D eigenvalue weighted by Gasteiger charge is -2.16. The highest BCUT2D eigenvalue weighted by Crippen LogP contribution is 2.39. The second-order valence-corrected chi connectivity index (χ2v) is 9.06. The van der Waals surface area contributed by atoms with E-state index in [0.717, 1.165) is 11.8 Å². The molecule has 170 valence electrons. The van der Waals surface area contributed by atoms with Crippen LogP contribution in [0.1, 0.15) is 6.23 Å². The number of anilines is 1. The number of carbonyl (C=O) groups is 2. The van der Waals surface area contributed by atoms with Crippen molar-refractivity contribution in [3.63, 3.8) is 0 Å². The molecule has 1 saturated heterocycles. The van der Waals surface area contributed by atoms with Crippen LogP contribution in [0.5, 0.6) is 0 Å². The molecule has 17 heteroatoms. The number of aliphatic hydroxyl groups excluding tert-OH is 2. The number of hydrogen-bond acceptors (Lipinski definition) is 12. The number of fused-ring (bicyclic) bond motifs is 1. The Morgan fingerprint density at radius 3 is 2.65 bits per heavy atom. The van der Waals surface area contributed by atoms with Crippen molar-refractivity contribution in [2.75, 3.05) is 23.4 Å². The van der Waals surface area contributed by atoms with Crippen molar-refractivity contribution in [3.05, 3.63) is 6.33 Å². The molecular weight excluding hydrogens is 525 g/mol. The zero-order chi connectivity index (χ0) is 22.9. The van der Waals surface area contributed by atoms with Crippen LogP contribution in [0.2, 0.25) is 0 Å². The molecule has 2 aromatic rings. The number of nitrogens with two attached hydrogens (primary N) is 1. The molecule has 14 nitrogen and oxygen atoms in total. The van der Waals surface area contributed by atoms with Gasteiger partial charge in [-0.15, -0.1) is 0 Å². The number of halogens is 1. The van der Waals surface area contributed by atoms with Crippen LogP contribution in [-0.2, 0) is 23.4 Å². The summed E-state index contributed by atoms with van der Waals surface area (Å²) < 4.78 is 22.0. The van der Waals surface area contributed by atoms with Gasteiger partial charge in [0.15, 0.2) is 22.8 Å².